The molecule has 0 aliphatic rings. The molecule has 0 aliphatic heterocycles. The first-order valence-corrected chi connectivity index (χ1v) is 5.86. The van der Waals surface area contributed by atoms with Crippen LogP contribution in [0.3, 0.4) is 0 Å². The van der Waals surface area contributed by atoms with E-state index in [4.69, 9.17) is 11.6 Å². The molecule has 1 aromatic rings. The van der Waals surface area contributed by atoms with E-state index >= 15 is 0 Å². The number of amides is 1. The van der Waals surface area contributed by atoms with Gasteiger partial charge in [0.15, 0.2) is 0 Å². The Hall–Kier alpha value is -1.09. The lowest BCUT2D eigenvalue weighted by Gasteiger charge is -2.26. The molecule has 0 spiro atoms. The smallest absolute Gasteiger partial charge is 0.256 e. The van der Waals surface area contributed by atoms with Crippen LogP contribution >= 0.6 is 11.6 Å². The molecule has 0 fully saturated rings. The van der Waals surface area contributed by atoms with Crippen LogP contribution in [0.1, 0.15) is 37.0 Å². The van der Waals surface area contributed by atoms with Crippen molar-refractivity contribution in [3.63, 3.8) is 0 Å². The SMILES string of the molecule is CCC(CC)N(C)C(=O)c1cnccc1Cl. The minimum Gasteiger partial charge on any atom is -0.339 e. The summed E-state index contributed by atoms with van der Waals surface area (Å²) in [5, 5.41) is 0.456. The van der Waals surface area contributed by atoms with Gasteiger partial charge in [-0.1, -0.05) is 25.4 Å². The lowest BCUT2D eigenvalue weighted by molar-refractivity contribution is 0.0723. The minimum atomic E-state index is -0.0631. The predicted molar refractivity (Wildman–Crippen MR) is 65.7 cm³/mol. The van der Waals surface area contributed by atoms with Crippen molar-refractivity contribution in [3.8, 4) is 0 Å². The second kappa shape index (κ2) is 5.85. The summed E-state index contributed by atoms with van der Waals surface area (Å²) in [4.78, 5) is 17.8. The molecule has 0 N–H and O–H groups in total. The van der Waals surface area contributed by atoms with E-state index < -0.39 is 0 Å². The Labute approximate surface area is 101 Å². The molecule has 0 saturated carbocycles. The molecule has 1 heterocycles. The number of nitrogens with zero attached hydrogens (tertiary/aromatic N) is 2. The molecule has 0 bridgehead atoms. The standard InChI is InChI=1S/C12H17ClN2O/c1-4-9(5-2)15(3)12(16)10-8-14-7-6-11(10)13/h6-9H,4-5H2,1-3H3. The second-order valence-electron chi connectivity index (χ2n) is 3.74. The maximum atomic E-state index is 12.1. The average molecular weight is 241 g/mol. The van der Waals surface area contributed by atoms with Crippen molar-refractivity contribution in [2.45, 2.75) is 32.7 Å². The number of aromatic nitrogens is 1. The van der Waals surface area contributed by atoms with Gasteiger partial charge in [0.1, 0.15) is 0 Å². The number of halogens is 1. The van der Waals surface area contributed by atoms with Gasteiger partial charge in [0.25, 0.3) is 5.91 Å². The molecule has 0 unspecified atom stereocenters. The maximum Gasteiger partial charge on any atom is 0.256 e. The van der Waals surface area contributed by atoms with Crippen molar-refractivity contribution in [3.05, 3.63) is 29.0 Å². The molecule has 0 aliphatic carbocycles. The van der Waals surface area contributed by atoms with E-state index in [0.29, 0.717) is 10.6 Å². The van der Waals surface area contributed by atoms with Crippen molar-refractivity contribution in [2.24, 2.45) is 0 Å². The van der Waals surface area contributed by atoms with Gasteiger partial charge in [0.05, 0.1) is 10.6 Å². The van der Waals surface area contributed by atoms with Crippen LogP contribution in [0.2, 0.25) is 5.02 Å². The highest BCUT2D eigenvalue weighted by molar-refractivity contribution is 6.33. The van der Waals surface area contributed by atoms with E-state index in [2.05, 4.69) is 18.8 Å². The maximum absolute atomic E-state index is 12.1. The van der Waals surface area contributed by atoms with E-state index in [0.717, 1.165) is 12.8 Å². The molecule has 1 aromatic heterocycles. The highest BCUT2D eigenvalue weighted by atomic mass is 35.5. The van der Waals surface area contributed by atoms with Gasteiger partial charge in [-0.3, -0.25) is 9.78 Å². The van der Waals surface area contributed by atoms with Gasteiger partial charge in [-0.2, -0.15) is 0 Å². The number of hydrogen-bond acceptors (Lipinski definition) is 2. The normalized spacial score (nSPS) is 10.6. The number of pyridine rings is 1. The summed E-state index contributed by atoms with van der Waals surface area (Å²) in [6.45, 7) is 4.14. The summed E-state index contributed by atoms with van der Waals surface area (Å²) in [5.41, 5.74) is 0.471. The fourth-order valence-electron chi connectivity index (χ4n) is 1.73. The lowest BCUT2D eigenvalue weighted by atomic mass is 10.1. The van der Waals surface area contributed by atoms with E-state index in [-0.39, 0.29) is 11.9 Å². The zero-order valence-electron chi connectivity index (χ0n) is 9.90. The Bertz CT molecular complexity index is 364. The molecule has 0 aromatic carbocycles. The number of rotatable bonds is 4. The molecule has 88 valence electrons. The molecular formula is C12H17ClN2O. The Morgan fingerprint density at radius 3 is 2.62 bits per heavy atom. The molecule has 16 heavy (non-hydrogen) atoms. The zero-order valence-corrected chi connectivity index (χ0v) is 10.7. The Morgan fingerprint density at radius 2 is 2.12 bits per heavy atom. The molecule has 4 heteroatoms. The van der Waals surface area contributed by atoms with Crippen LogP contribution < -0.4 is 0 Å². The third-order valence-corrected chi connectivity index (χ3v) is 3.14. The third-order valence-electron chi connectivity index (χ3n) is 2.81. The van der Waals surface area contributed by atoms with Crippen molar-refractivity contribution < 1.29 is 4.79 Å². The highest BCUT2D eigenvalue weighted by Crippen LogP contribution is 2.17. The number of carbonyl (C=O) groups is 1. The van der Waals surface area contributed by atoms with Crippen LogP contribution in [0.15, 0.2) is 18.5 Å². The molecular weight excluding hydrogens is 224 g/mol. The van der Waals surface area contributed by atoms with Crippen LogP contribution in [-0.4, -0.2) is 28.9 Å². The van der Waals surface area contributed by atoms with Gasteiger partial charge in [-0.25, -0.2) is 0 Å². The van der Waals surface area contributed by atoms with E-state index in [9.17, 15) is 4.79 Å². The van der Waals surface area contributed by atoms with Gasteiger partial charge in [0.2, 0.25) is 0 Å². The van der Waals surface area contributed by atoms with E-state index in [1.807, 2.05) is 7.05 Å². The zero-order chi connectivity index (χ0) is 12.1. The summed E-state index contributed by atoms with van der Waals surface area (Å²) in [6.07, 6.45) is 4.98. The van der Waals surface area contributed by atoms with E-state index in [1.54, 1.807) is 17.2 Å². The van der Waals surface area contributed by atoms with Gasteiger partial charge in [-0.05, 0) is 18.9 Å². The van der Waals surface area contributed by atoms with Gasteiger partial charge in [-0.15, -0.1) is 0 Å². The first-order valence-electron chi connectivity index (χ1n) is 5.48. The van der Waals surface area contributed by atoms with Crippen LogP contribution in [-0.2, 0) is 0 Å². The quantitative estimate of drug-likeness (QED) is 0.811. The van der Waals surface area contributed by atoms with Gasteiger partial charge in [0, 0.05) is 25.5 Å². The Balaban J connectivity index is 2.90. The largest absolute Gasteiger partial charge is 0.339 e. The van der Waals surface area contributed by atoms with Crippen LogP contribution in [0.4, 0.5) is 0 Å². The van der Waals surface area contributed by atoms with Crippen LogP contribution in [0.25, 0.3) is 0 Å². The summed E-state index contributed by atoms with van der Waals surface area (Å²) in [5.74, 6) is -0.0631. The van der Waals surface area contributed by atoms with Crippen molar-refractivity contribution in [1.29, 1.82) is 0 Å². The van der Waals surface area contributed by atoms with Gasteiger partial charge >= 0.3 is 0 Å². The summed E-state index contributed by atoms with van der Waals surface area (Å²) in [7, 11) is 1.81. The first kappa shape index (κ1) is 13.0. The fourth-order valence-corrected chi connectivity index (χ4v) is 1.91. The molecule has 0 atom stereocenters. The fraction of sp³-hybridized carbons (Fsp3) is 0.500. The molecule has 0 saturated heterocycles. The van der Waals surface area contributed by atoms with Crippen LogP contribution in [0.5, 0.6) is 0 Å². The Kier molecular flexibility index (Phi) is 4.74. The van der Waals surface area contributed by atoms with Crippen molar-refractivity contribution >= 4 is 17.5 Å². The third kappa shape index (κ3) is 2.73. The number of hydrogen-bond donors (Lipinski definition) is 0. The second-order valence-corrected chi connectivity index (χ2v) is 4.15. The summed E-state index contributed by atoms with van der Waals surface area (Å²) < 4.78 is 0. The molecule has 1 amide bonds. The lowest BCUT2D eigenvalue weighted by Crippen LogP contribution is -2.36. The Morgan fingerprint density at radius 1 is 1.50 bits per heavy atom. The van der Waals surface area contributed by atoms with Crippen molar-refractivity contribution in [1.82, 2.24) is 9.88 Å². The van der Waals surface area contributed by atoms with Gasteiger partial charge < -0.3 is 4.90 Å². The first-order chi connectivity index (χ1) is 7.61. The monoisotopic (exact) mass is 240 g/mol. The van der Waals surface area contributed by atoms with Crippen LogP contribution in [0, 0.1) is 0 Å². The molecule has 0 radical (unpaired) electrons. The van der Waals surface area contributed by atoms with E-state index in [1.165, 1.54) is 6.20 Å². The summed E-state index contributed by atoms with van der Waals surface area (Å²) >= 11 is 5.97. The predicted octanol–water partition coefficient (Wildman–Crippen LogP) is 3.00. The summed E-state index contributed by atoms with van der Waals surface area (Å²) in [6, 6.07) is 1.89. The van der Waals surface area contributed by atoms with Crippen molar-refractivity contribution in [2.75, 3.05) is 7.05 Å². The average Bonchev–Trinajstić information content (AvgIpc) is 2.30. The highest BCUT2D eigenvalue weighted by Gasteiger charge is 2.20. The molecule has 3 nitrogen and oxygen atoms in total. The molecule has 1 rings (SSSR count). The minimum absolute atomic E-state index is 0.0631. The number of carbonyl (C=O) groups excluding carboxylic acids is 1. The topological polar surface area (TPSA) is 33.2 Å².